The summed E-state index contributed by atoms with van der Waals surface area (Å²) < 4.78 is 28.5. The zero-order valence-electron chi connectivity index (χ0n) is 18.2. The van der Waals surface area contributed by atoms with Crippen LogP contribution in [0.25, 0.3) is 16.5 Å². The van der Waals surface area contributed by atoms with Crippen molar-refractivity contribution in [3.8, 4) is 0 Å². The number of aromatic nitrogens is 1. The number of benzene rings is 3. The number of para-hydroxylation sites is 1. The molecule has 5 heteroatoms. The van der Waals surface area contributed by atoms with Crippen LogP contribution in [-0.4, -0.2) is 24.8 Å². The number of nitrogens with one attached hydrogen (secondary N) is 1. The van der Waals surface area contributed by atoms with Gasteiger partial charge in [0.2, 0.25) is 0 Å². The van der Waals surface area contributed by atoms with Crippen LogP contribution in [0.2, 0.25) is 0 Å². The maximum absolute atomic E-state index is 13.5. The Morgan fingerprint density at radius 3 is 2.34 bits per heavy atom. The zero-order valence-corrected chi connectivity index (χ0v) is 19.1. The smallest absolute Gasteiger partial charge is 0.263 e. The normalized spacial score (nSPS) is 16.6. The Hall–Kier alpha value is -3.31. The number of rotatable bonds is 5. The first kappa shape index (κ1) is 20.6. The van der Waals surface area contributed by atoms with Crippen LogP contribution < -0.4 is 0 Å². The third-order valence-corrected chi connectivity index (χ3v) is 8.28. The molecular weight excluding hydrogens is 416 g/mol. The highest BCUT2D eigenvalue weighted by Crippen LogP contribution is 2.48. The van der Waals surface area contributed by atoms with Crippen LogP contribution in [0.4, 0.5) is 0 Å². The molecule has 1 aliphatic carbocycles. The van der Waals surface area contributed by atoms with Gasteiger partial charge >= 0.3 is 0 Å². The molecule has 4 aromatic rings. The SMILES string of the molecule is Cc1ccc(S(=O)(=O)N(C)C2=C(c3ccccc3)[C@@H](c3c[nH]c4ccccc34)CC2)cc1. The van der Waals surface area contributed by atoms with Gasteiger partial charge in [-0.05, 0) is 54.7 Å². The van der Waals surface area contributed by atoms with Crippen molar-refractivity contribution in [1.82, 2.24) is 9.29 Å². The van der Waals surface area contributed by atoms with Gasteiger partial charge in [0.25, 0.3) is 10.0 Å². The molecule has 0 saturated carbocycles. The van der Waals surface area contributed by atoms with E-state index in [9.17, 15) is 8.42 Å². The van der Waals surface area contributed by atoms with E-state index in [1.54, 1.807) is 19.2 Å². The Morgan fingerprint density at radius 1 is 0.906 bits per heavy atom. The fraction of sp³-hybridized carbons (Fsp3) is 0.185. The Balaban J connectivity index is 1.66. The topological polar surface area (TPSA) is 53.2 Å². The molecule has 0 spiro atoms. The first-order valence-corrected chi connectivity index (χ1v) is 12.3. The number of fused-ring (bicyclic) bond motifs is 1. The Morgan fingerprint density at radius 2 is 1.59 bits per heavy atom. The molecule has 0 aliphatic heterocycles. The van der Waals surface area contributed by atoms with Gasteiger partial charge in [0.1, 0.15) is 0 Å². The summed E-state index contributed by atoms with van der Waals surface area (Å²) in [4.78, 5) is 3.71. The number of hydrogen-bond acceptors (Lipinski definition) is 2. The summed E-state index contributed by atoms with van der Waals surface area (Å²) in [7, 11) is -1.96. The molecule has 0 bridgehead atoms. The van der Waals surface area contributed by atoms with Crippen LogP contribution in [0, 0.1) is 6.92 Å². The van der Waals surface area contributed by atoms with E-state index >= 15 is 0 Å². The van der Waals surface area contributed by atoms with Crippen molar-refractivity contribution in [3.63, 3.8) is 0 Å². The monoisotopic (exact) mass is 442 g/mol. The number of sulfonamides is 1. The van der Waals surface area contributed by atoms with Crippen LogP contribution in [-0.2, 0) is 10.0 Å². The molecule has 32 heavy (non-hydrogen) atoms. The van der Waals surface area contributed by atoms with E-state index in [1.807, 2.05) is 43.3 Å². The molecule has 1 atom stereocenters. The summed E-state index contributed by atoms with van der Waals surface area (Å²) >= 11 is 0. The summed E-state index contributed by atoms with van der Waals surface area (Å²) in [5, 5.41) is 1.19. The van der Waals surface area contributed by atoms with Crippen molar-refractivity contribution in [2.24, 2.45) is 0 Å². The lowest BCUT2D eigenvalue weighted by Gasteiger charge is -2.24. The zero-order chi connectivity index (χ0) is 22.3. The maximum Gasteiger partial charge on any atom is 0.263 e. The summed E-state index contributed by atoms with van der Waals surface area (Å²) in [6.07, 6.45) is 3.65. The lowest BCUT2D eigenvalue weighted by atomic mass is 9.88. The van der Waals surface area contributed by atoms with Crippen molar-refractivity contribution >= 4 is 26.5 Å². The largest absolute Gasteiger partial charge is 0.361 e. The lowest BCUT2D eigenvalue weighted by molar-refractivity contribution is 0.517. The van der Waals surface area contributed by atoms with Crippen LogP contribution in [0.5, 0.6) is 0 Å². The molecule has 0 radical (unpaired) electrons. The maximum atomic E-state index is 13.5. The number of allylic oxidation sites excluding steroid dienone is 2. The Labute approximate surface area is 189 Å². The van der Waals surface area contributed by atoms with Gasteiger partial charge in [-0.15, -0.1) is 0 Å². The van der Waals surface area contributed by atoms with Gasteiger partial charge in [0, 0.05) is 35.8 Å². The molecule has 0 saturated heterocycles. The molecule has 1 N–H and O–H groups in total. The van der Waals surface area contributed by atoms with E-state index in [0.717, 1.165) is 34.3 Å². The summed E-state index contributed by atoms with van der Waals surface area (Å²) in [6.45, 7) is 1.96. The first-order chi connectivity index (χ1) is 15.5. The van der Waals surface area contributed by atoms with E-state index in [-0.39, 0.29) is 5.92 Å². The minimum atomic E-state index is -3.65. The number of nitrogens with zero attached hydrogens (tertiary/aromatic N) is 1. The number of aromatic amines is 1. The number of aryl methyl sites for hydroxylation is 1. The van der Waals surface area contributed by atoms with Crippen molar-refractivity contribution in [2.45, 2.75) is 30.6 Å². The second kappa shape index (κ2) is 7.99. The molecule has 0 fully saturated rings. The van der Waals surface area contributed by atoms with Crippen molar-refractivity contribution in [1.29, 1.82) is 0 Å². The highest BCUT2D eigenvalue weighted by molar-refractivity contribution is 7.89. The van der Waals surface area contributed by atoms with Crippen LogP contribution in [0.1, 0.15) is 35.4 Å². The van der Waals surface area contributed by atoms with Gasteiger partial charge in [-0.1, -0.05) is 66.2 Å². The van der Waals surface area contributed by atoms with E-state index in [0.29, 0.717) is 11.3 Å². The molecule has 0 amide bonds. The summed E-state index contributed by atoms with van der Waals surface area (Å²) in [6, 6.07) is 25.5. The minimum Gasteiger partial charge on any atom is -0.361 e. The molecule has 5 rings (SSSR count). The Bertz CT molecular complexity index is 1400. The van der Waals surface area contributed by atoms with E-state index in [4.69, 9.17) is 0 Å². The van der Waals surface area contributed by atoms with Crippen molar-refractivity contribution < 1.29 is 8.42 Å². The molecule has 3 aromatic carbocycles. The number of H-pyrrole nitrogens is 1. The molecule has 1 aliphatic rings. The second-order valence-corrected chi connectivity index (χ2v) is 10.4. The summed E-state index contributed by atoms with van der Waals surface area (Å²) in [5.41, 5.74) is 6.39. The third-order valence-electron chi connectivity index (χ3n) is 6.47. The van der Waals surface area contributed by atoms with Gasteiger partial charge < -0.3 is 4.98 Å². The van der Waals surface area contributed by atoms with E-state index in [1.165, 1.54) is 15.3 Å². The summed E-state index contributed by atoms with van der Waals surface area (Å²) in [5.74, 6) is 0.124. The standard InChI is InChI=1S/C27H26N2O2S/c1-19-12-14-21(15-13-19)32(30,31)29(2)26-17-16-23(27(26)20-8-4-3-5-9-20)24-18-28-25-11-7-6-10-22(24)25/h3-15,18,23,28H,16-17H2,1-2H3/t23-/m1/s1. The average molecular weight is 443 g/mol. The molecule has 4 nitrogen and oxygen atoms in total. The number of hydrogen-bond donors (Lipinski definition) is 1. The highest BCUT2D eigenvalue weighted by atomic mass is 32.2. The predicted molar refractivity (Wildman–Crippen MR) is 130 cm³/mol. The average Bonchev–Trinajstić information content (AvgIpc) is 3.43. The fourth-order valence-electron chi connectivity index (χ4n) is 4.78. The minimum absolute atomic E-state index is 0.124. The molecule has 1 heterocycles. The van der Waals surface area contributed by atoms with Crippen molar-refractivity contribution in [3.05, 3.63) is 107 Å². The first-order valence-electron chi connectivity index (χ1n) is 10.9. The highest BCUT2D eigenvalue weighted by Gasteiger charge is 2.35. The molecule has 162 valence electrons. The second-order valence-electron chi connectivity index (χ2n) is 8.39. The van der Waals surface area contributed by atoms with Gasteiger partial charge in [0.05, 0.1) is 4.90 Å². The predicted octanol–water partition coefficient (Wildman–Crippen LogP) is 6.09. The van der Waals surface area contributed by atoms with Crippen LogP contribution in [0.15, 0.2) is 95.7 Å². The van der Waals surface area contributed by atoms with Crippen LogP contribution in [0.3, 0.4) is 0 Å². The molecule has 0 unspecified atom stereocenters. The van der Waals surface area contributed by atoms with Gasteiger partial charge in [0.15, 0.2) is 0 Å². The molecular formula is C27H26N2O2S. The fourth-order valence-corrected chi connectivity index (χ4v) is 6.06. The van der Waals surface area contributed by atoms with Gasteiger partial charge in [-0.3, -0.25) is 4.31 Å². The van der Waals surface area contributed by atoms with Gasteiger partial charge in [-0.25, -0.2) is 8.42 Å². The lowest BCUT2D eigenvalue weighted by Crippen LogP contribution is -2.26. The quantitative estimate of drug-likeness (QED) is 0.407. The van der Waals surface area contributed by atoms with Gasteiger partial charge in [-0.2, -0.15) is 0 Å². The Kier molecular flexibility index (Phi) is 5.14. The van der Waals surface area contributed by atoms with Crippen molar-refractivity contribution in [2.75, 3.05) is 7.05 Å². The van der Waals surface area contributed by atoms with E-state index in [2.05, 4.69) is 41.5 Å². The third kappa shape index (κ3) is 3.43. The van der Waals surface area contributed by atoms with E-state index < -0.39 is 10.0 Å². The van der Waals surface area contributed by atoms with Crippen LogP contribution >= 0.6 is 0 Å². The molecule has 1 aromatic heterocycles.